The lowest BCUT2D eigenvalue weighted by atomic mass is 9.95. The van der Waals surface area contributed by atoms with Gasteiger partial charge in [-0.1, -0.05) is 75.7 Å². The molecule has 0 saturated carbocycles. The first-order valence-corrected chi connectivity index (χ1v) is 24.9. The lowest BCUT2D eigenvalue weighted by Crippen LogP contribution is -2.62. The Morgan fingerprint density at radius 1 is 0.568 bits per heavy atom. The number of carbonyl (C=O) groups is 11. The van der Waals surface area contributed by atoms with Gasteiger partial charge in [0.25, 0.3) is 0 Å². The molecule has 1 aromatic rings. The van der Waals surface area contributed by atoms with Crippen molar-refractivity contribution < 1.29 is 68.1 Å². The van der Waals surface area contributed by atoms with Crippen LogP contribution in [0.5, 0.6) is 0 Å². The Bertz CT molecular complexity index is 2070. The zero-order valence-electron chi connectivity index (χ0n) is 44.4. The van der Waals surface area contributed by atoms with E-state index in [-0.39, 0.29) is 49.9 Å². The molecule has 0 radical (unpaired) electrons. The van der Waals surface area contributed by atoms with E-state index >= 15 is 0 Å². The number of aromatic nitrogens is 2. The minimum Gasteiger partial charge on any atom is -0.481 e. The predicted octanol–water partition coefficient (Wildman–Crippen LogP) is -1.80. The van der Waals surface area contributed by atoms with Gasteiger partial charge in [-0.15, -0.1) is 0 Å². The smallest absolute Gasteiger partial charge is 0.326 e. The van der Waals surface area contributed by atoms with Crippen LogP contribution in [0.1, 0.15) is 127 Å². The monoisotopic (exact) mass is 1050 g/mol. The third kappa shape index (κ3) is 23.4. The van der Waals surface area contributed by atoms with Crippen molar-refractivity contribution in [3.8, 4) is 0 Å². The molecule has 0 aromatic carbocycles. The van der Waals surface area contributed by atoms with Crippen LogP contribution in [0.4, 0.5) is 0 Å². The lowest BCUT2D eigenvalue weighted by Gasteiger charge is -2.31. The van der Waals surface area contributed by atoms with Gasteiger partial charge in [-0.3, -0.25) is 47.9 Å². The molecule has 0 aliphatic carbocycles. The normalized spacial score (nSPS) is 15.9. The van der Waals surface area contributed by atoms with Crippen molar-refractivity contribution in [1.82, 2.24) is 52.5 Å². The summed E-state index contributed by atoms with van der Waals surface area (Å²) < 4.78 is 0. The largest absolute Gasteiger partial charge is 0.481 e. The summed E-state index contributed by atoms with van der Waals surface area (Å²) in [5, 5.41) is 49.5. The molecule has 26 heteroatoms. The number of hydrogen-bond acceptors (Lipinski definition) is 14. The van der Waals surface area contributed by atoms with Crippen LogP contribution in [0.25, 0.3) is 0 Å². The second-order valence-electron chi connectivity index (χ2n) is 20.3. The van der Waals surface area contributed by atoms with Crippen LogP contribution in [-0.4, -0.2) is 151 Å². The fraction of sp³-hybridized carbons (Fsp3) is 0.708. The van der Waals surface area contributed by atoms with Crippen molar-refractivity contribution in [3.05, 3.63) is 18.2 Å². The molecular formula is C48H82N12O14. The van der Waals surface area contributed by atoms with Crippen molar-refractivity contribution in [1.29, 1.82) is 0 Å². The van der Waals surface area contributed by atoms with Crippen LogP contribution < -0.4 is 54.0 Å². The number of carboxylic acid groups (broad SMARTS) is 2. The quantitative estimate of drug-likeness (QED) is 0.0362. The molecule has 0 bridgehead atoms. The highest BCUT2D eigenvalue weighted by atomic mass is 16.4. The molecule has 0 fully saturated rings. The van der Waals surface area contributed by atoms with Gasteiger partial charge in [0, 0.05) is 24.7 Å². The summed E-state index contributed by atoms with van der Waals surface area (Å²) in [6, 6.07) is -12.9. The van der Waals surface area contributed by atoms with Crippen molar-refractivity contribution in [2.24, 2.45) is 41.1 Å². The van der Waals surface area contributed by atoms with E-state index < -0.39 is 157 Å². The van der Waals surface area contributed by atoms with Crippen molar-refractivity contribution >= 4 is 65.1 Å². The van der Waals surface area contributed by atoms with Crippen LogP contribution in [-0.2, 0) is 59.2 Å². The second kappa shape index (κ2) is 31.8. The molecule has 0 aliphatic heterocycles. The number of carboxylic acids is 2. The number of nitrogens with one attached hydrogen (secondary N) is 9. The average molecular weight is 1050 g/mol. The number of primary amides is 1. The van der Waals surface area contributed by atoms with Crippen LogP contribution in [0.15, 0.2) is 12.5 Å². The minimum atomic E-state index is -1.88. The lowest BCUT2D eigenvalue weighted by molar-refractivity contribution is -0.143. The first-order valence-electron chi connectivity index (χ1n) is 24.9. The molecule has 0 spiro atoms. The van der Waals surface area contributed by atoms with Crippen LogP contribution in [0.2, 0.25) is 0 Å². The summed E-state index contributed by atoms with van der Waals surface area (Å²) in [5.41, 5.74) is 11.5. The van der Waals surface area contributed by atoms with Gasteiger partial charge in [-0.25, -0.2) is 9.78 Å². The van der Waals surface area contributed by atoms with E-state index in [0.717, 1.165) is 0 Å². The molecule has 26 nitrogen and oxygen atoms in total. The number of hydrogen-bond donors (Lipinski definition) is 14. The maximum Gasteiger partial charge on any atom is 0.326 e. The van der Waals surface area contributed by atoms with E-state index in [1.807, 2.05) is 0 Å². The van der Waals surface area contributed by atoms with E-state index in [1.54, 1.807) is 69.2 Å². The standard InChI is InChI=1S/C48H82N12O14/c1-12-26(10)39(60-44(69)33(19-36(63)64)55-40(65)29(13-14-35(49)62)53-41(66)30(15-22(2)3)56-45(70)37(50)27(11)61)47(72)59-38(25(8)9)46(71)57-31(16-23(4)5)42(67)54-32(18-28-20-51-21-52-28)43(68)58-34(48(73)74)17-24(6)7/h20-27,29-34,37-39,61H,12-19,50H2,1-11H3,(H2,49,62)(H,51,52)(H,53,66)(H,54,67)(H,55,65)(H,56,70)(H,57,71)(H,58,68)(H,59,72)(H,60,69)(H,63,64)(H,73,74). The topological polar surface area (TPSA) is 425 Å². The molecule has 11 unspecified atom stereocenters. The van der Waals surface area contributed by atoms with Gasteiger partial charge in [0.2, 0.25) is 53.2 Å². The Morgan fingerprint density at radius 3 is 1.43 bits per heavy atom. The molecule has 9 amide bonds. The van der Waals surface area contributed by atoms with Gasteiger partial charge in [-0.2, -0.15) is 0 Å². The van der Waals surface area contributed by atoms with E-state index in [4.69, 9.17) is 11.5 Å². The summed E-state index contributed by atoms with van der Waals surface area (Å²) >= 11 is 0. The van der Waals surface area contributed by atoms with Crippen molar-refractivity contribution in [3.63, 3.8) is 0 Å². The maximum absolute atomic E-state index is 14.2. The predicted molar refractivity (Wildman–Crippen MR) is 268 cm³/mol. The van der Waals surface area contributed by atoms with E-state index in [2.05, 4.69) is 52.5 Å². The molecule has 11 atom stereocenters. The molecule has 74 heavy (non-hydrogen) atoms. The number of nitrogens with zero attached hydrogens (tertiary/aromatic N) is 1. The zero-order chi connectivity index (χ0) is 56.7. The Hall–Kier alpha value is -6.70. The molecule has 1 aromatic heterocycles. The average Bonchev–Trinajstić information content (AvgIpc) is 3.81. The van der Waals surface area contributed by atoms with E-state index in [0.29, 0.717) is 5.69 Å². The molecule has 1 heterocycles. The number of nitrogens with two attached hydrogens (primary N) is 2. The summed E-state index contributed by atoms with van der Waals surface area (Å²) in [4.78, 5) is 153. The third-order valence-corrected chi connectivity index (χ3v) is 11.8. The van der Waals surface area contributed by atoms with Gasteiger partial charge in [0.15, 0.2) is 0 Å². The number of carbonyl (C=O) groups excluding carboxylic acids is 9. The molecule has 0 aliphatic rings. The third-order valence-electron chi connectivity index (χ3n) is 11.8. The fourth-order valence-corrected chi connectivity index (χ4v) is 7.44. The SMILES string of the molecule is CCC(C)C(NC(=O)C(CC(=O)O)NC(=O)C(CCC(N)=O)NC(=O)C(CC(C)C)NC(=O)C(N)C(C)O)C(=O)NC(C(=O)NC(CC(C)C)C(=O)NC(Cc1cnc[nH]1)C(=O)NC(CC(C)C)C(=O)O)C(C)C. The molecule has 0 saturated heterocycles. The first-order chi connectivity index (χ1) is 34.4. The highest BCUT2D eigenvalue weighted by molar-refractivity contribution is 5.99. The second-order valence-corrected chi connectivity index (χ2v) is 20.3. The highest BCUT2D eigenvalue weighted by Gasteiger charge is 2.38. The zero-order valence-corrected chi connectivity index (χ0v) is 44.4. The Labute approximate surface area is 432 Å². The highest BCUT2D eigenvalue weighted by Crippen LogP contribution is 2.15. The summed E-state index contributed by atoms with van der Waals surface area (Å²) in [6.07, 6.45) is -0.0440. The number of aliphatic carboxylic acids is 2. The minimum absolute atomic E-state index is 0.0367. The maximum atomic E-state index is 14.2. The van der Waals surface area contributed by atoms with Gasteiger partial charge in [0.05, 0.1) is 18.9 Å². The van der Waals surface area contributed by atoms with E-state index in [9.17, 15) is 68.1 Å². The summed E-state index contributed by atoms with van der Waals surface area (Å²) in [6.45, 7) is 18.4. The fourth-order valence-electron chi connectivity index (χ4n) is 7.44. The van der Waals surface area contributed by atoms with Crippen LogP contribution >= 0.6 is 0 Å². The Balaban J connectivity index is 3.48. The van der Waals surface area contributed by atoms with Crippen molar-refractivity contribution in [2.75, 3.05) is 0 Å². The number of H-pyrrole nitrogens is 1. The Kier molecular flexibility index (Phi) is 28.1. The molecular weight excluding hydrogens is 969 g/mol. The van der Waals surface area contributed by atoms with Crippen LogP contribution in [0, 0.1) is 29.6 Å². The van der Waals surface area contributed by atoms with Gasteiger partial charge < -0.3 is 74.3 Å². The van der Waals surface area contributed by atoms with E-state index in [1.165, 1.54) is 19.4 Å². The molecule has 16 N–H and O–H groups in total. The summed E-state index contributed by atoms with van der Waals surface area (Å²) in [5.74, 6) is -12.8. The van der Waals surface area contributed by atoms with Gasteiger partial charge >= 0.3 is 11.9 Å². The first kappa shape index (κ1) is 65.3. The Morgan fingerprint density at radius 2 is 0.986 bits per heavy atom. The van der Waals surface area contributed by atoms with Gasteiger partial charge in [-0.05, 0) is 62.2 Å². The van der Waals surface area contributed by atoms with Gasteiger partial charge in [0.1, 0.15) is 54.4 Å². The summed E-state index contributed by atoms with van der Waals surface area (Å²) in [7, 11) is 0. The molecule has 418 valence electrons. The number of aliphatic hydroxyl groups excluding tert-OH is 1. The van der Waals surface area contributed by atoms with Crippen LogP contribution in [0.3, 0.4) is 0 Å². The number of imidazole rings is 1. The number of aromatic amines is 1. The van der Waals surface area contributed by atoms with Crippen molar-refractivity contribution in [2.45, 2.75) is 188 Å². The number of amides is 9. The number of rotatable bonds is 34. The molecule has 1 rings (SSSR count). The number of aliphatic hydroxyl groups is 1.